The van der Waals surface area contributed by atoms with Crippen LogP contribution in [0.25, 0.3) is 0 Å². The van der Waals surface area contributed by atoms with E-state index in [0.717, 1.165) is 12.8 Å². The van der Waals surface area contributed by atoms with Crippen molar-refractivity contribution in [3.05, 3.63) is 0 Å². The van der Waals surface area contributed by atoms with Gasteiger partial charge in [0.05, 0.1) is 0 Å². The first kappa shape index (κ1) is 25.5. The third kappa shape index (κ3) is 4.85. The van der Waals surface area contributed by atoms with Gasteiger partial charge in [0.1, 0.15) is 0 Å². The van der Waals surface area contributed by atoms with Crippen LogP contribution in [-0.2, 0) is 9.59 Å². The van der Waals surface area contributed by atoms with E-state index in [1.54, 1.807) is 0 Å². The standard InChI is InChI=1S/C22H43NO2S/c1-11-21(9,13(3)4)16(8)17(19(23)24)15(7)18(20(25)26)22(10,12-2)14(5)6/h13-18H,11-12H2,1-10H3,(H2,23,24)(H,25,26). The van der Waals surface area contributed by atoms with Crippen LogP contribution in [0.5, 0.6) is 0 Å². The molecule has 0 saturated carbocycles. The number of nitrogens with two attached hydrogens (primary N) is 1. The molecule has 0 aromatic heterocycles. The third-order valence-corrected chi connectivity index (χ3v) is 8.42. The van der Waals surface area contributed by atoms with Gasteiger partial charge in [0.15, 0.2) is 5.12 Å². The van der Waals surface area contributed by atoms with Crippen LogP contribution in [0.15, 0.2) is 0 Å². The number of amides is 1. The maximum Gasteiger partial charge on any atom is 0.221 e. The molecule has 4 heteroatoms. The summed E-state index contributed by atoms with van der Waals surface area (Å²) in [5.41, 5.74) is 5.68. The fourth-order valence-corrected chi connectivity index (χ4v) is 5.46. The van der Waals surface area contributed by atoms with E-state index in [1.807, 2.05) is 6.92 Å². The van der Waals surface area contributed by atoms with Gasteiger partial charge in [-0.3, -0.25) is 9.59 Å². The molecular formula is C22H43NO2S. The highest BCUT2D eigenvalue weighted by atomic mass is 32.1. The van der Waals surface area contributed by atoms with Gasteiger partial charge in [-0.1, -0.05) is 75.7 Å². The first-order valence-corrected chi connectivity index (χ1v) is 10.7. The van der Waals surface area contributed by atoms with Crippen LogP contribution in [0, 0.1) is 46.3 Å². The lowest BCUT2D eigenvalue weighted by molar-refractivity contribution is -0.134. The summed E-state index contributed by atoms with van der Waals surface area (Å²) in [5.74, 6) is -0.288. The van der Waals surface area contributed by atoms with Crippen molar-refractivity contribution in [2.75, 3.05) is 0 Å². The lowest BCUT2D eigenvalue weighted by Gasteiger charge is -2.48. The fourth-order valence-electron chi connectivity index (χ4n) is 4.93. The van der Waals surface area contributed by atoms with Crippen molar-refractivity contribution >= 4 is 23.7 Å². The molecule has 0 heterocycles. The number of primary amides is 1. The maximum absolute atomic E-state index is 12.6. The van der Waals surface area contributed by atoms with E-state index in [2.05, 4.69) is 74.9 Å². The summed E-state index contributed by atoms with van der Waals surface area (Å²) in [6.45, 7) is 21.5. The second-order valence-corrected chi connectivity index (χ2v) is 9.86. The highest BCUT2D eigenvalue weighted by Gasteiger charge is 2.49. The second kappa shape index (κ2) is 9.61. The Bertz CT molecular complexity index is 491. The summed E-state index contributed by atoms with van der Waals surface area (Å²) < 4.78 is 0. The number of thiol groups is 1. The molecule has 3 nitrogen and oxygen atoms in total. The van der Waals surface area contributed by atoms with Gasteiger partial charge < -0.3 is 5.73 Å². The lowest BCUT2D eigenvalue weighted by atomic mass is 9.56. The molecule has 6 atom stereocenters. The Balaban J connectivity index is 6.22. The molecule has 0 aromatic rings. The van der Waals surface area contributed by atoms with Crippen molar-refractivity contribution < 1.29 is 9.59 Å². The largest absolute Gasteiger partial charge is 0.369 e. The Labute approximate surface area is 167 Å². The number of carbonyl (C=O) groups is 2. The number of rotatable bonds is 11. The minimum atomic E-state index is -0.354. The second-order valence-electron chi connectivity index (χ2n) is 9.42. The van der Waals surface area contributed by atoms with Crippen LogP contribution in [0.3, 0.4) is 0 Å². The van der Waals surface area contributed by atoms with E-state index in [4.69, 9.17) is 5.73 Å². The molecule has 0 aromatic carbocycles. The van der Waals surface area contributed by atoms with Gasteiger partial charge in [-0.2, -0.15) is 0 Å². The summed E-state index contributed by atoms with van der Waals surface area (Å²) in [5, 5.41) is -0.128. The highest BCUT2D eigenvalue weighted by molar-refractivity contribution is 7.96. The molecule has 0 radical (unpaired) electrons. The van der Waals surface area contributed by atoms with E-state index >= 15 is 0 Å². The van der Waals surface area contributed by atoms with Crippen LogP contribution in [0.2, 0.25) is 0 Å². The van der Waals surface area contributed by atoms with Crippen LogP contribution in [0.1, 0.15) is 82.1 Å². The summed E-state index contributed by atoms with van der Waals surface area (Å²) in [6.07, 6.45) is 1.83. The molecule has 6 unspecified atom stereocenters. The van der Waals surface area contributed by atoms with Gasteiger partial charge in [-0.15, -0.1) is 12.6 Å². The van der Waals surface area contributed by atoms with Crippen molar-refractivity contribution in [1.29, 1.82) is 0 Å². The van der Waals surface area contributed by atoms with Gasteiger partial charge in [-0.25, -0.2) is 0 Å². The van der Waals surface area contributed by atoms with E-state index in [-0.39, 0.29) is 45.5 Å². The molecule has 0 aliphatic heterocycles. The van der Waals surface area contributed by atoms with E-state index < -0.39 is 0 Å². The molecule has 154 valence electrons. The smallest absolute Gasteiger partial charge is 0.221 e. The predicted molar refractivity (Wildman–Crippen MR) is 115 cm³/mol. The van der Waals surface area contributed by atoms with Crippen molar-refractivity contribution in [3.63, 3.8) is 0 Å². The Morgan fingerprint density at radius 1 is 0.885 bits per heavy atom. The van der Waals surface area contributed by atoms with Crippen LogP contribution in [-0.4, -0.2) is 11.0 Å². The van der Waals surface area contributed by atoms with Crippen LogP contribution >= 0.6 is 12.6 Å². The summed E-state index contributed by atoms with van der Waals surface area (Å²) >= 11 is 4.25. The zero-order valence-electron chi connectivity index (χ0n) is 18.7. The topological polar surface area (TPSA) is 60.2 Å². The molecule has 0 saturated heterocycles. The molecule has 0 fully saturated rings. The van der Waals surface area contributed by atoms with E-state index in [0.29, 0.717) is 11.8 Å². The Morgan fingerprint density at radius 3 is 1.50 bits per heavy atom. The molecule has 0 aliphatic rings. The predicted octanol–water partition coefficient (Wildman–Crippen LogP) is 5.58. The average Bonchev–Trinajstić information content (AvgIpc) is 2.52. The molecule has 0 aliphatic carbocycles. The van der Waals surface area contributed by atoms with Crippen LogP contribution < -0.4 is 5.73 Å². The minimum absolute atomic E-state index is 0.0153. The molecular weight excluding hydrogens is 342 g/mol. The first-order valence-electron chi connectivity index (χ1n) is 10.2. The average molecular weight is 386 g/mol. The van der Waals surface area contributed by atoms with Crippen molar-refractivity contribution in [2.24, 2.45) is 52.1 Å². The van der Waals surface area contributed by atoms with Crippen molar-refractivity contribution in [3.8, 4) is 0 Å². The van der Waals surface area contributed by atoms with E-state index in [1.165, 1.54) is 0 Å². The summed E-state index contributed by atoms with van der Waals surface area (Å²) in [6, 6.07) is 0. The van der Waals surface area contributed by atoms with Crippen LogP contribution in [0.4, 0.5) is 0 Å². The lowest BCUT2D eigenvalue weighted by Crippen LogP contribution is -2.49. The van der Waals surface area contributed by atoms with E-state index in [9.17, 15) is 9.59 Å². The third-order valence-electron chi connectivity index (χ3n) is 8.14. The molecule has 1 amide bonds. The van der Waals surface area contributed by atoms with Gasteiger partial charge in [-0.05, 0) is 40.9 Å². The highest BCUT2D eigenvalue weighted by Crippen LogP contribution is 2.50. The van der Waals surface area contributed by atoms with Gasteiger partial charge in [0.2, 0.25) is 5.91 Å². The monoisotopic (exact) mass is 385 g/mol. The molecule has 2 N–H and O–H groups in total. The molecule has 0 rings (SSSR count). The molecule has 26 heavy (non-hydrogen) atoms. The van der Waals surface area contributed by atoms with Gasteiger partial charge >= 0.3 is 0 Å². The Kier molecular flexibility index (Phi) is 9.43. The Hall–Kier alpha value is -0.510. The fraction of sp³-hybridized carbons (Fsp3) is 0.909. The summed E-state index contributed by atoms with van der Waals surface area (Å²) in [7, 11) is 0. The minimum Gasteiger partial charge on any atom is -0.369 e. The normalized spacial score (nSPS) is 21.6. The quantitative estimate of drug-likeness (QED) is 0.456. The molecule has 0 spiro atoms. The van der Waals surface area contributed by atoms with Crippen molar-refractivity contribution in [1.82, 2.24) is 0 Å². The molecule has 0 bridgehead atoms. The number of carbonyl (C=O) groups excluding carboxylic acids is 2. The SMILES string of the molecule is CCC(C)(C(C)C)C(C)C(C(N)=O)C(C)C(C(=O)S)C(C)(CC)C(C)C. The number of hydrogen-bond acceptors (Lipinski definition) is 2. The van der Waals surface area contributed by atoms with Gasteiger partial charge in [0, 0.05) is 11.8 Å². The first-order chi connectivity index (χ1) is 11.7. The zero-order valence-corrected chi connectivity index (χ0v) is 19.6. The Morgan fingerprint density at radius 2 is 1.27 bits per heavy atom. The summed E-state index contributed by atoms with van der Waals surface area (Å²) in [4.78, 5) is 25.2. The van der Waals surface area contributed by atoms with Crippen molar-refractivity contribution in [2.45, 2.75) is 82.1 Å². The van der Waals surface area contributed by atoms with Gasteiger partial charge in [0.25, 0.3) is 0 Å². The number of hydrogen-bond donors (Lipinski definition) is 2. The maximum atomic E-state index is 12.6. The zero-order chi connectivity index (χ0) is 21.0.